The van der Waals surface area contributed by atoms with E-state index < -0.39 is 18.1 Å². The van der Waals surface area contributed by atoms with E-state index in [9.17, 15) is 23.1 Å². The molecule has 3 N–H and O–H groups in total. The molecule has 206 valence electrons. The SMILES string of the molecule is COc1cccc(-c2cc(CSC3=Nc4ccccc4[NH2+]3)c(-c3ccc(C(=O)O)cc3)o2)c1.O=C([O-])C(F)(F)F. The van der Waals surface area contributed by atoms with Crippen LogP contribution in [0.4, 0.5) is 24.5 Å². The van der Waals surface area contributed by atoms with E-state index in [2.05, 4.69) is 11.4 Å². The number of thioether (sulfide) groups is 1. The number of aliphatic carboxylic acids is 1. The smallest absolute Gasteiger partial charge is 0.430 e. The molecule has 0 amide bonds. The van der Waals surface area contributed by atoms with Crippen molar-refractivity contribution in [2.24, 2.45) is 4.99 Å². The number of benzene rings is 3. The number of carbonyl (C=O) groups is 2. The maximum atomic E-state index is 11.3. The van der Waals surface area contributed by atoms with Crippen LogP contribution in [0.15, 0.2) is 88.3 Å². The Labute approximate surface area is 230 Å². The lowest BCUT2D eigenvalue weighted by Crippen LogP contribution is -2.79. The van der Waals surface area contributed by atoms with Crippen molar-refractivity contribution in [1.29, 1.82) is 0 Å². The molecule has 0 atom stereocenters. The summed E-state index contributed by atoms with van der Waals surface area (Å²) in [4.78, 5) is 24.7. The molecular weight excluding hydrogens is 549 g/mol. The first-order valence-electron chi connectivity index (χ1n) is 11.6. The third-order valence-corrected chi connectivity index (χ3v) is 6.57. The first-order valence-corrected chi connectivity index (χ1v) is 12.6. The fourth-order valence-electron chi connectivity index (χ4n) is 3.68. The number of para-hydroxylation sites is 2. The molecule has 4 aromatic rings. The van der Waals surface area contributed by atoms with E-state index in [-0.39, 0.29) is 5.56 Å². The van der Waals surface area contributed by atoms with E-state index in [0.29, 0.717) is 11.5 Å². The van der Waals surface area contributed by atoms with Gasteiger partial charge in [0.05, 0.1) is 12.7 Å². The number of nitrogens with two attached hydrogens (primary N) is 1. The van der Waals surface area contributed by atoms with Crippen LogP contribution in [-0.2, 0) is 10.5 Å². The summed E-state index contributed by atoms with van der Waals surface area (Å²) in [6.45, 7) is 0. The van der Waals surface area contributed by atoms with Gasteiger partial charge in [0.15, 0.2) is 5.69 Å². The van der Waals surface area contributed by atoms with Crippen LogP contribution in [0.25, 0.3) is 22.6 Å². The predicted octanol–water partition coefficient (Wildman–Crippen LogP) is 4.75. The molecule has 8 nitrogen and oxygen atoms in total. The highest BCUT2D eigenvalue weighted by atomic mass is 32.2. The van der Waals surface area contributed by atoms with Crippen molar-refractivity contribution >= 4 is 40.2 Å². The molecule has 2 heterocycles. The lowest BCUT2D eigenvalue weighted by molar-refractivity contribution is -0.432. The van der Waals surface area contributed by atoms with Gasteiger partial charge in [0.1, 0.15) is 28.9 Å². The number of aromatic carboxylic acids is 1. The quantitative estimate of drug-likeness (QED) is 0.320. The van der Waals surface area contributed by atoms with E-state index in [1.165, 1.54) is 0 Å². The molecule has 1 aliphatic heterocycles. The Hall–Kier alpha value is -4.55. The summed E-state index contributed by atoms with van der Waals surface area (Å²) < 4.78 is 43.2. The zero-order valence-corrected chi connectivity index (χ0v) is 21.6. The maximum absolute atomic E-state index is 11.3. The first kappa shape index (κ1) is 28.5. The van der Waals surface area contributed by atoms with Crippen LogP contribution in [-0.4, -0.2) is 35.5 Å². The van der Waals surface area contributed by atoms with E-state index in [1.807, 2.05) is 48.5 Å². The van der Waals surface area contributed by atoms with Gasteiger partial charge in [-0.05, 0) is 48.2 Å². The highest BCUT2D eigenvalue weighted by molar-refractivity contribution is 8.12. The molecular formula is C28H21F3N2O6S. The Kier molecular flexibility index (Phi) is 8.61. The molecule has 0 saturated heterocycles. The number of aliphatic imine (C=N–C) groups is 1. The average molecular weight is 571 g/mol. The summed E-state index contributed by atoms with van der Waals surface area (Å²) in [6.07, 6.45) is -5.19. The van der Waals surface area contributed by atoms with Gasteiger partial charge in [0.2, 0.25) is 0 Å². The Balaban J connectivity index is 0.000000470. The summed E-state index contributed by atoms with van der Waals surface area (Å²) in [5, 5.41) is 21.1. The first-order chi connectivity index (χ1) is 19.0. The van der Waals surface area contributed by atoms with E-state index in [4.69, 9.17) is 24.0 Å². The highest BCUT2D eigenvalue weighted by Gasteiger charge is 2.29. The third kappa shape index (κ3) is 6.90. The summed E-state index contributed by atoms with van der Waals surface area (Å²) in [7, 11) is 1.63. The maximum Gasteiger partial charge on any atom is 0.430 e. The zero-order chi connectivity index (χ0) is 28.9. The number of quaternary nitrogens is 1. The summed E-state index contributed by atoms with van der Waals surface area (Å²) in [5.41, 5.74) is 5.08. The van der Waals surface area contributed by atoms with Crippen LogP contribution >= 0.6 is 11.8 Å². The molecule has 12 heteroatoms. The Morgan fingerprint density at radius 3 is 2.35 bits per heavy atom. The number of rotatable bonds is 6. The minimum atomic E-state index is -5.19. The van der Waals surface area contributed by atoms with Gasteiger partial charge in [-0.15, -0.1) is 0 Å². The Morgan fingerprint density at radius 2 is 1.73 bits per heavy atom. The molecule has 5 rings (SSSR count). The predicted molar refractivity (Wildman–Crippen MR) is 141 cm³/mol. The molecule has 0 unspecified atom stereocenters. The van der Waals surface area contributed by atoms with Crippen LogP contribution in [0.5, 0.6) is 5.75 Å². The molecule has 1 aliphatic rings. The largest absolute Gasteiger partial charge is 0.542 e. The van der Waals surface area contributed by atoms with Crippen molar-refractivity contribution in [3.05, 3.63) is 90.0 Å². The van der Waals surface area contributed by atoms with Gasteiger partial charge in [0.25, 0.3) is 5.17 Å². The third-order valence-electron chi connectivity index (χ3n) is 5.61. The minimum Gasteiger partial charge on any atom is -0.542 e. The van der Waals surface area contributed by atoms with Gasteiger partial charge >= 0.3 is 12.1 Å². The fourth-order valence-corrected chi connectivity index (χ4v) is 4.58. The van der Waals surface area contributed by atoms with Crippen LogP contribution < -0.4 is 15.2 Å². The number of hydrogen-bond donors (Lipinski definition) is 2. The molecule has 0 aliphatic carbocycles. The monoisotopic (exact) mass is 570 g/mol. The van der Waals surface area contributed by atoms with Crippen molar-refractivity contribution in [3.63, 3.8) is 0 Å². The van der Waals surface area contributed by atoms with E-state index in [0.717, 1.165) is 44.7 Å². The Bertz CT molecular complexity index is 1570. The number of amidine groups is 1. The van der Waals surface area contributed by atoms with Crippen LogP contribution in [0.2, 0.25) is 0 Å². The summed E-state index contributed by atoms with van der Waals surface area (Å²) >= 11 is 1.64. The van der Waals surface area contributed by atoms with Gasteiger partial charge in [-0.25, -0.2) is 4.79 Å². The number of carbonyl (C=O) groups excluding carboxylic acids is 1. The summed E-state index contributed by atoms with van der Waals surface area (Å²) in [6, 6.07) is 24.5. The standard InChI is InChI=1S/C26H20N2O4S.C2HF3O2/c1-31-20-6-4-5-18(13-20)23-14-19(15-33-26-27-21-7-2-3-8-22(21)28-26)24(32-23)16-9-11-17(12-10-16)25(29)30;3-2(4,5)1(6)7/h2-14H,15H2,1H3,(H,27,28)(H,29,30);(H,6,7). The van der Waals surface area contributed by atoms with E-state index >= 15 is 0 Å². The fraction of sp³-hybridized carbons (Fsp3) is 0.107. The molecule has 0 radical (unpaired) electrons. The van der Waals surface area contributed by atoms with Crippen LogP contribution in [0, 0.1) is 0 Å². The van der Waals surface area contributed by atoms with Crippen molar-refractivity contribution in [2.75, 3.05) is 7.11 Å². The van der Waals surface area contributed by atoms with Crippen molar-refractivity contribution in [3.8, 4) is 28.4 Å². The second-order valence-electron chi connectivity index (χ2n) is 8.31. The number of methoxy groups -OCH3 is 1. The van der Waals surface area contributed by atoms with Crippen molar-refractivity contribution in [1.82, 2.24) is 0 Å². The van der Waals surface area contributed by atoms with Gasteiger partial charge in [-0.2, -0.15) is 18.2 Å². The van der Waals surface area contributed by atoms with Gasteiger partial charge < -0.3 is 24.2 Å². The van der Waals surface area contributed by atoms with E-state index in [1.54, 1.807) is 43.1 Å². The number of halogens is 3. The normalized spacial score (nSPS) is 12.2. The molecule has 0 fully saturated rings. The molecule has 0 bridgehead atoms. The molecule has 40 heavy (non-hydrogen) atoms. The summed E-state index contributed by atoms with van der Waals surface area (Å²) in [5.74, 6) is -1.11. The Morgan fingerprint density at radius 1 is 1.02 bits per heavy atom. The number of ether oxygens (including phenoxy) is 1. The van der Waals surface area contributed by atoms with Crippen LogP contribution in [0.3, 0.4) is 0 Å². The van der Waals surface area contributed by atoms with Gasteiger partial charge in [-0.3, -0.25) is 5.32 Å². The molecule has 1 aromatic heterocycles. The van der Waals surface area contributed by atoms with Crippen LogP contribution in [0.1, 0.15) is 15.9 Å². The number of fused-ring (bicyclic) bond motifs is 1. The number of nitrogens with zero attached hydrogens (tertiary/aromatic N) is 1. The minimum absolute atomic E-state index is 0.238. The number of hydrogen-bond acceptors (Lipinski definition) is 7. The molecule has 0 spiro atoms. The number of carboxylic acid groups (broad SMARTS) is 2. The number of furan rings is 1. The van der Waals surface area contributed by atoms with Gasteiger partial charge in [-0.1, -0.05) is 36.4 Å². The van der Waals surface area contributed by atoms with Crippen molar-refractivity contribution < 1.29 is 47.4 Å². The zero-order valence-electron chi connectivity index (χ0n) is 20.8. The van der Waals surface area contributed by atoms with Crippen molar-refractivity contribution in [2.45, 2.75) is 11.9 Å². The lowest BCUT2D eigenvalue weighted by Gasteiger charge is -2.03. The topological polar surface area (TPSA) is 129 Å². The lowest BCUT2D eigenvalue weighted by atomic mass is 10.1. The average Bonchev–Trinajstić information content (AvgIpc) is 3.56. The van der Waals surface area contributed by atoms with Gasteiger partial charge in [0, 0.05) is 28.5 Å². The molecule has 0 saturated carbocycles. The second kappa shape index (κ2) is 12.1. The number of alkyl halides is 3. The number of carboxylic acids is 2. The second-order valence-corrected chi connectivity index (χ2v) is 9.30. The molecule has 3 aromatic carbocycles. The highest BCUT2D eigenvalue weighted by Crippen LogP contribution is 2.36.